The lowest BCUT2D eigenvalue weighted by atomic mass is 10.0. The van der Waals surface area contributed by atoms with Gasteiger partial charge < -0.3 is 15.1 Å². The second kappa shape index (κ2) is 8.17. The summed E-state index contributed by atoms with van der Waals surface area (Å²) in [5.41, 5.74) is 0.860. The number of nitrogens with zero attached hydrogens (tertiary/aromatic N) is 2. The Morgan fingerprint density at radius 3 is 2.14 bits per heavy atom. The van der Waals surface area contributed by atoms with Crippen molar-refractivity contribution in [2.75, 3.05) is 27.7 Å². The number of amides is 3. The molecule has 3 amide bonds. The summed E-state index contributed by atoms with van der Waals surface area (Å²) < 4.78 is 0. The van der Waals surface area contributed by atoms with Crippen molar-refractivity contribution >= 4 is 17.7 Å². The molecule has 1 rings (SSSR count). The van der Waals surface area contributed by atoms with Crippen molar-refractivity contribution in [3.63, 3.8) is 0 Å². The van der Waals surface area contributed by atoms with Gasteiger partial charge in [0.05, 0.1) is 19.0 Å². The quantitative estimate of drug-likeness (QED) is 0.845. The first-order valence-electron chi connectivity index (χ1n) is 7.07. The summed E-state index contributed by atoms with van der Waals surface area (Å²) in [6, 6.07) is 8.90. The van der Waals surface area contributed by atoms with Gasteiger partial charge in [-0.2, -0.15) is 0 Å². The van der Waals surface area contributed by atoms with Crippen LogP contribution in [0.5, 0.6) is 0 Å². The Kier molecular flexibility index (Phi) is 6.56. The number of hydrogen-bond donors (Lipinski definition) is 1. The first-order valence-corrected chi connectivity index (χ1v) is 7.07. The SMILES string of the molecule is CC(=O)N[C@H](CC(=O)N(C)CC(=O)N(C)C)c1ccccc1. The molecular formula is C16H23N3O3. The molecule has 0 saturated carbocycles. The Morgan fingerprint density at radius 2 is 1.64 bits per heavy atom. The number of hydrogen-bond acceptors (Lipinski definition) is 3. The van der Waals surface area contributed by atoms with Crippen molar-refractivity contribution in [1.82, 2.24) is 15.1 Å². The number of benzene rings is 1. The van der Waals surface area contributed by atoms with Crippen LogP contribution in [0.3, 0.4) is 0 Å². The van der Waals surface area contributed by atoms with Gasteiger partial charge in [0.25, 0.3) is 0 Å². The van der Waals surface area contributed by atoms with Crippen LogP contribution >= 0.6 is 0 Å². The summed E-state index contributed by atoms with van der Waals surface area (Å²) in [4.78, 5) is 38.1. The first-order chi connectivity index (χ1) is 10.3. The van der Waals surface area contributed by atoms with Crippen molar-refractivity contribution in [3.05, 3.63) is 35.9 Å². The maximum absolute atomic E-state index is 12.3. The predicted octanol–water partition coefficient (Wildman–Crippen LogP) is 0.801. The van der Waals surface area contributed by atoms with Gasteiger partial charge in [0.15, 0.2) is 0 Å². The Hall–Kier alpha value is -2.37. The van der Waals surface area contributed by atoms with Crippen LogP contribution in [0.4, 0.5) is 0 Å². The van der Waals surface area contributed by atoms with E-state index in [9.17, 15) is 14.4 Å². The second-order valence-electron chi connectivity index (χ2n) is 5.41. The number of nitrogens with one attached hydrogen (secondary N) is 1. The zero-order valence-corrected chi connectivity index (χ0v) is 13.5. The normalized spacial score (nSPS) is 11.5. The standard InChI is InChI=1S/C16H23N3O3/c1-12(20)17-14(13-8-6-5-7-9-13)10-15(21)19(4)11-16(22)18(2)3/h5-9,14H,10-11H2,1-4H3,(H,17,20)/t14-/m1/s1. The Labute approximate surface area is 131 Å². The molecule has 0 unspecified atom stereocenters. The van der Waals surface area contributed by atoms with E-state index in [1.165, 1.54) is 16.7 Å². The predicted molar refractivity (Wildman–Crippen MR) is 83.9 cm³/mol. The molecule has 6 nitrogen and oxygen atoms in total. The molecular weight excluding hydrogens is 282 g/mol. The van der Waals surface area contributed by atoms with Crippen molar-refractivity contribution in [1.29, 1.82) is 0 Å². The third-order valence-electron chi connectivity index (χ3n) is 3.26. The summed E-state index contributed by atoms with van der Waals surface area (Å²) in [5.74, 6) is -0.543. The summed E-state index contributed by atoms with van der Waals surface area (Å²) in [6.45, 7) is 1.44. The zero-order chi connectivity index (χ0) is 16.7. The highest BCUT2D eigenvalue weighted by Crippen LogP contribution is 2.17. The molecule has 22 heavy (non-hydrogen) atoms. The molecule has 0 heterocycles. The molecule has 1 atom stereocenters. The monoisotopic (exact) mass is 305 g/mol. The smallest absolute Gasteiger partial charge is 0.241 e. The number of rotatable bonds is 6. The van der Waals surface area contributed by atoms with E-state index in [1.807, 2.05) is 30.3 Å². The maximum atomic E-state index is 12.3. The van der Waals surface area contributed by atoms with Gasteiger partial charge in [0, 0.05) is 28.1 Å². The summed E-state index contributed by atoms with van der Waals surface area (Å²) >= 11 is 0. The van der Waals surface area contributed by atoms with Crippen LogP contribution in [-0.2, 0) is 14.4 Å². The Bertz CT molecular complexity index is 529. The lowest BCUT2D eigenvalue weighted by Crippen LogP contribution is -2.39. The van der Waals surface area contributed by atoms with Crippen molar-refractivity contribution in [2.45, 2.75) is 19.4 Å². The molecule has 0 aliphatic carbocycles. The van der Waals surface area contributed by atoms with Crippen molar-refractivity contribution in [3.8, 4) is 0 Å². The molecule has 0 bridgehead atoms. The average molecular weight is 305 g/mol. The molecule has 0 aromatic heterocycles. The first kappa shape index (κ1) is 17.7. The van der Waals surface area contributed by atoms with Crippen molar-refractivity contribution < 1.29 is 14.4 Å². The fraction of sp³-hybridized carbons (Fsp3) is 0.438. The molecule has 0 fully saturated rings. The van der Waals surface area contributed by atoms with Gasteiger partial charge >= 0.3 is 0 Å². The van der Waals surface area contributed by atoms with Crippen LogP contribution < -0.4 is 5.32 Å². The van der Waals surface area contributed by atoms with E-state index in [0.29, 0.717) is 0 Å². The van der Waals surface area contributed by atoms with Gasteiger partial charge in [-0.05, 0) is 5.56 Å². The topological polar surface area (TPSA) is 69.7 Å². The van der Waals surface area contributed by atoms with Gasteiger partial charge in [-0.25, -0.2) is 0 Å². The van der Waals surface area contributed by atoms with Gasteiger partial charge in [-0.15, -0.1) is 0 Å². The number of likely N-dealkylation sites (N-methyl/N-ethyl adjacent to an activating group) is 2. The molecule has 0 spiro atoms. The van der Waals surface area contributed by atoms with Crippen LogP contribution in [-0.4, -0.2) is 55.2 Å². The second-order valence-corrected chi connectivity index (χ2v) is 5.41. The molecule has 120 valence electrons. The van der Waals surface area contributed by atoms with E-state index in [2.05, 4.69) is 5.32 Å². The third-order valence-corrected chi connectivity index (χ3v) is 3.26. The fourth-order valence-electron chi connectivity index (χ4n) is 1.95. The van der Waals surface area contributed by atoms with Gasteiger partial charge in [0.2, 0.25) is 17.7 Å². The number of carbonyl (C=O) groups excluding carboxylic acids is 3. The highest BCUT2D eigenvalue weighted by atomic mass is 16.2. The van der Waals surface area contributed by atoms with Crippen molar-refractivity contribution in [2.24, 2.45) is 0 Å². The summed E-state index contributed by atoms with van der Waals surface area (Å²) in [7, 11) is 4.87. The maximum Gasteiger partial charge on any atom is 0.241 e. The third kappa shape index (κ3) is 5.55. The largest absolute Gasteiger partial charge is 0.349 e. The molecule has 0 aliphatic heterocycles. The van der Waals surface area contributed by atoms with E-state index >= 15 is 0 Å². The molecule has 6 heteroatoms. The molecule has 1 aromatic carbocycles. The van der Waals surface area contributed by atoms with Crippen LogP contribution in [0, 0.1) is 0 Å². The minimum Gasteiger partial charge on any atom is -0.349 e. The zero-order valence-electron chi connectivity index (χ0n) is 13.5. The van der Waals surface area contributed by atoms with E-state index in [1.54, 1.807) is 21.1 Å². The van der Waals surface area contributed by atoms with E-state index in [4.69, 9.17) is 0 Å². The Balaban J connectivity index is 2.75. The molecule has 0 aliphatic rings. The van der Waals surface area contributed by atoms with Crippen LogP contribution in [0.25, 0.3) is 0 Å². The molecule has 0 radical (unpaired) electrons. The summed E-state index contributed by atoms with van der Waals surface area (Å²) in [5, 5.41) is 2.78. The molecule has 1 aromatic rings. The van der Waals surface area contributed by atoms with Gasteiger partial charge in [-0.3, -0.25) is 14.4 Å². The minimum absolute atomic E-state index is 0.0212. The van der Waals surface area contributed by atoms with Gasteiger partial charge in [-0.1, -0.05) is 30.3 Å². The minimum atomic E-state index is -0.400. The average Bonchev–Trinajstić information content (AvgIpc) is 2.46. The van der Waals surface area contributed by atoms with E-state index in [0.717, 1.165) is 5.56 Å². The lowest BCUT2D eigenvalue weighted by Gasteiger charge is -2.23. The van der Waals surface area contributed by atoms with Crippen LogP contribution in [0.2, 0.25) is 0 Å². The summed E-state index contributed by atoms with van der Waals surface area (Å²) in [6.07, 6.45) is 0.112. The molecule has 1 N–H and O–H groups in total. The number of carbonyl (C=O) groups is 3. The van der Waals surface area contributed by atoms with E-state index < -0.39 is 6.04 Å². The highest BCUT2D eigenvalue weighted by molar-refractivity contribution is 5.85. The van der Waals surface area contributed by atoms with Gasteiger partial charge in [0.1, 0.15) is 0 Å². The fourth-order valence-corrected chi connectivity index (χ4v) is 1.95. The van der Waals surface area contributed by atoms with E-state index in [-0.39, 0.29) is 30.7 Å². The Morgan fingerprint density at radius 1 is 1.05 bits per heavy atom. The van der Waals surface area contributed by atoms with Crippen LogP contribution in [0.15, 0.2) is 30.3 Å². The molecule has 0 saturated heterocycles. The lowest BCUT2D eigenvalue weighted by molar-refractivity contribution is -0.138. The highest BCUT2D eigenvalue weighted by Gasteiger charge is 2.21. The van der Waals surface area contributed by atoms with Crippen LogP contribution in [0.1, 0.15) is 24.9 Å².